The third-order valence-corrected chi connectivity index (χ3v) is 10.8. The molecule has 5 heteroatoms. The third kappa shape index (κ3) is 2.52. The molecule has 1 rings (SSSR count). The van der Waals surface area contributed by atoms with Crippen molar-refractivity contribution in [1.82, 2.24) is 4.23 Å². The summed E-state index contributed by atoms with van der Waals surface area (Å²) in [6, 6.07) is 1.95. The molecule has 0 saturated carbocycles. The van der Waals surface area contributed by atoms with Crippen molar-refractivity contribution < 1.29 is 9.68 Å². The van der Waals surface area contributed by atoms with Crippen molar-refractivity contribution in [3.63, 3.8) is 0 Å². The molecule has 0 aromatic carbocycles. The lowest BCUT2D eigenvalue weighted by Gasteiger charge is -2.44. The molecule has 102 valence electrons. The Bertz CT molecular complexity index is 355. The standard InChI is InChI=1S/C13H26BNO2Si/c1-10(2)18(11(3)4,12(5)6)15-8-7-13(9-15)17-14-16/h7-12,14,16H,1-6H3. The van der Waals surface area contributed by atoms with Crippen LogP contribution >= 0.6 is 0 Å². The first-order valence-electron chi connectivity index (χ1n) is 6.79. The number of aromatic nitrogens is 1. The summed E-state index contributed by atoms with van der Waals surface area (Å²) >= 11 is 0. The summed E-state index contributed by atoms with van der Waals surface area (Å²) in [5, 5.41) is 8.84. The van der Waals surface area contributed by atoms with E-state index in [0.29, 0.717) is 16.6 Å². The molecule has 0 fully saturated rings. The van der Waals surface area contributed by atoms with Crippen molar-refractivity contribution in [2.75, 3.05) is 0 Å². The molecule has 3 nitrogen and oxygen atoms in total. The maximum absolute atomic E-state index is 8.84. The maximum atomic E-state index is 8.84. The first kappa shape index (κ1) is 15.4. The van der Waals surface area contributed by atoms with Crippen LogP contribution in [0, 0.1) is 0 Å². The molecule has 0 unspecified atom stereocenters. The monoisotopic (exact) mass is 267 g/mol. The predicted octanol–water partition coefficient (Wildman–Crippen LogP) is 3.15. The summed E-state index contributed by atoms with van der Waals surface area (Å²) in [5.74, 6) is 0.760. The largest absolute Gasteiger partial charge is 0.538 e. The van der Waals surface area contributed by atoms with Gasteiger partial charge in [-0.15, -0.1) is 0 Å². The zero-order chi connectivity index (χ0) is 13.9. The molecule has 0 saturated heterocycles. The van der Waals surface area contributed by atoms with Gasteiger partial charge in [0.2, 0.25) is 0 Å². The number of hydrogen-bond donors (Lipinski definition) is 1. The van der Waals surface area contributed by atoms with Crippen LogP contribution in [0.4, 0.5) is 0 Å². The van der Waals surface area contributed by atoms with E-state index < -0.39 is 8.24 Å². The van der Waals surface area contributed by atoms with Crippen LogP contribution in [0.15, 0.2) is 18.5 Å². The van der Waals surface area contributed by atoms with Crippen LogP contribution in [0.2, 0.25) is 16.6 Å². The topological polar surface area (TPSA) is 34.4 Å². The zero-order valence-corrected chi connectivity index (χ0v) is 13.5. The second kappa shape index (κ2) is 5.98. The van der Waals surface area contributed by atoms with Crippen molar-refractivity contribution in [2.24, 2.45) is 0 Å². The minimum Gasteiger partial charge on any atom is -0.538 e. The normalized spacial score (nSPS) is 12.6. The highest BCUT2D eigenvalue weighted by atomic mass is 28.3. The quantitative estimate of drug-likeness (QED) is 0.803. The highest BCUT2D eigenvalue weighted by molar-refractivity contribution is 6.82. The second-order valence-corrected chi connectivity index (χ2v) is 11.6. The molecule has 0 aliphatic heterocycles. The Hall–Kier alpha value is -0.678. The fourth-order valence-corrected chi connectivity index (χ4v) is 10.1. The van der Waals surface area contributed by atoms with Gasteiger partial charge in [-0.05, 0) is 28.9 Å². The smallest absolute Gasteiger partial charge is 0.504 e. The van der Waals surface area contributed by atoms with Gasteiger partial charge in [0.15, 0.2) is 8.24 Å². The van der Waals surface area contributed by atoms with E-state index in [-0.39, 0.29) is 7.69 Å². The van der Waals surface area contributed by atoms with Crippen LogP contribution in [-0.4, -0.2) is 25.2 Å². The van der Waals surface area contributed by atoms with E-state index in [1.165, 1.54) is 0 Å². The van der Waals surface area contributed by atoms with Crippen molar-refractivity contribution in [1.29, 1.82) is 0 Å². The number of hydrogen-bond acceptors (Lipinski definition) is 2. The first-order valence-corrected chi connectivity index (χ1v) is 8.97. The molecule has 0 aliphatic carbocycles. The summed E-state index contributed by atoms with van der Waals surface area (Å²) in [7, 11) is -1.92. The van der Waals surface area contributed by atoms with Crippen LogP contribution in [0.5, 0.6) is 5.75 Å². The van der Waals surface area contributed by atoms with Gasteiger partial charge < -0.3 is 13.9 Å². The molecule has 0 amide bonds. The molecule has 1 heterocycles. The van der Waals surface area contributed by atoms with Crippen LogP contribution in [-0.2, 0) is 0 Å². The average molecular weight is 267 g/mol. The van der Waals surface area contributed by atoms with Gasteiger partial charge in [0.1, 0.15) is 5.75 Å². The summed E-state index contributed by atoms with van der Waals surface area (Å²) < 4.78 is 7.58. The lowest BCUT2D eigenvalue weighted by Crippen LogP contribution is -2.51. The van der Waals surface area contributed by atoms with Gasteiger partial charge in [0, 0.05) is 6.20 Å². The first-order chi connectivity index (χ1) is 8.37. The van der Waals surface area contributed by atoms with Gasteiger partial charge in [-0.1, -0.05) is 41.5 Å². The molecular weight excluding hydrogens is 241 g/mol. The molecule has 0 spiro atoms. The Kier molecular flexibility index (Phi) is 5.11. The minimum absolute atomic E-state index is 0.260. The van der Waals surface area contributed by atoms with Crippen LogP contribution in [0.25, 0.3) is 0 Å². The van der Waals surface area contributed by atoms with E-state index in [4.69, 9.17) is 9.68 Å². The molecular formula is C13H26BNO2Si. The highest BCUT2D eigenvalue weighted by Gasteiger charge is 2.44. The van der Waals surface area contributed by atoms with Crippen molar-refractivity contribution in [3.05, 3.63) is 18.5 Å². The Labute approximate surface area is 113 Å². The second-order valence-electron chi connectivity index (χ2n) is 5.88. The van der Waals surface area contributed by atoms with Gasteiger partial charge >= 0.3 is 7.69 Å². The molecule has 0 atom stereocenters. The van der Waals surface area contributed by atoms with E-state index >= 15 is 0 Å². The summed E-state index contributed by atoms with van der Waals surface area (Å²) in [6.45, 7) is 14.0. The molecule has 0 bridgehead atoms. The number of nitrogens with zero attached hydrogens (tertiary/aromatic N) is 1. The van der Waals surface area contributed by atoms with Gasteiger partial charge in [0.25, 0.3) is 0 Å². The van der Waals surface area contributed by atoms with Gasteiger partial charge in [-0.2, -0.15) is 0 Å². The molecule has 1 aromatic rings. The van der Waals surface area contributed by atoms with E-state index in [1.807, 2.05) is 6.07 Å². The van der Waals surface area contributed by atoms with Gasteiger partial charge in [0.05, 0.1) is 0 Å². The van der Waals surface area contributed by atoms with Gasteiger partial charge in [-0.25, -0.2) is 0 Å². The Morgan fingerprint density at radius 3 is 2.00 bits per heavy atom. The van der Waals surface area contributed by atoms with Crippen LogP contribution in [0.3, 0.4) is 0 Å². The zero-order valence-electron chi connectivity index (χ0n) is 12.5. The Morgan fingerprint density at radius 2 is 1.61 bits per heavy atom. The Balaban J connectivity index is 3.24. The van der Waals surface area contributed by atoms with E-state index in [1.54, 1.807) is 0 Å². The molecule has 0 radical (unpaired) electrons. The van der Waals surface area contributed by atoms with E-state index in [2.05, 4.69) is 58.2 Å². The fraction of sp³-hybridized carbons (Fsp3) is 0.692. The average Bonchev–Trinajstić information content (AvgIpc) is 2.66. The maximum Gasteiger partial charge on any atom is 0.504 e. The molecule has 0 aliphatic rings. The lowest BCUT2D eigenvalue weighted by molar-refractivity contribution is 0.454. The van der Waals surface area contributed by atoms with E-state index in [9.17, 15) is 0 Å². The Morgan fingerprint density at radius 1 is 1.11 bits per heavy atom. The number of rotatable bonds is 6. The third-order valence-electron chi connectivity index (χ3n) is 4.12. The summed E-state index contributed by atoms with van der Waals surface area (Å²) in [4.78, 5) is 0. The van der Waals surface area contributed by atoms with Crippen LogP contribution < -0.4 is 4.65 Å². The van der Waals surface area contributed by atoms with Crippen molar-refractivity contribution in [3.8, 4) is 5.75 Å². The van der Waals surface area contributed by atoms with Crippen molar-refractivity contribution in [2.45, 2.75) is 58.2 Å². The van der Waals surface area contributed by atoms with Crippen LogP contribution in [0.1, 0.15) is 41.5 Å². The minimum atomic E-state index is -1.66. The SMILES string of the molecule is CC(C)[Si](C(C)C)(C(C)C)n1ccc(OBO)c1. The molecule has 1 aromatic heterocycles. The highest BCUT2D eigenvalue weighted by Crippen LogP contribution is 2.43. The fourth-order valence-electron chi connectivity index (χ4n) is 3.67. The lowest BCUT2D eigenvalue weighted by atomic mass is 10.4. The summed E-state index contributed by atoms with van der Waals surface area (Å²) in [6.07, 6.45) is 4.18. The summed E-state index contributed by atoms with van der Waals surface area (Å²) in [5.41, 5.74) is 1.98. The predicted molar refractivity (Wildman–Crippen MR) is 80.9 cm³/mol. The van der Waals surface area contributed by atoms with E-state index in [0.717, 1.165) is 5.75 Å². The molecule has 1 N–H and O–H groups in total. The van der Waals surface area contributed by atoms with Gasteiger partial charge in [-0.3, -0.25) is 0 Å². The molecule has 18 heavy (non-hydrogen) atoms. The van der Waals surface area contributed by atoms with Crippen molar-refractivity contribution >= 4 is 15.9 Å².